The lowest BCUT2D eigenvalue weighted by molar-refractivity contribution is -0.122. The van der Waals surface area contributed by atoms with Crippen molar-refractivity contribution in [3.8, 4) is 0 Å². The third-order valence-corrected chi connectivity index (χ3v) is 7.54. The van der Waals surface area contributed by atoms with Gasteiger partial charge in [0.2, 0.25) is 21.8 Å². The van der Waals surface area contributed by atoms with Crippen LogP contribution in [0.3, 0.4) is 0 Å². The monoisotopic (exact) mass is 427 g/mol. The van der Waals surface area contributed by atoms with Crippen molar-refractivity contribution in [2.24, 2.45) is 5.92 Å². The summed E-state index contributed by atoms with van der Waals surface area (Å²) in [6.07, 6.45) is 1.86. The van der Waals surface area contributed by atoms with Gasteiger partial charge in [-0.2, -0.15) is 4.31 Å². The van der Waals surface area contributed by atoms with Crippen LogP contribution in [-0.4, -0.2) is 44.2 Å². The van der Waals surface area contributed by atoms with Crippen molar-refractivity contribution >= 4 is 33.2 Å². The van der Waals surface area contributed by atoms with Gasteiger partial charge in [0.1, 0.15) is 0 Å². The molecule has 2 saturated heterocycles. The fourth-order valence-corrected chi connectivity index (χ4v) is 5.48. The Balaban J connectivity index is 1.45. The average Bonchev–Trinajstić information content (AvgIpc) is 3.39. The van der Waals surface area contributed by atoms with Crippen LogP contribution < -0.4 is 10.2 Å². The first-order chi connectivity index (χ1) is 14.3. The summed E-state index contributed by atoms with van der Waals surface area (Å²) in [6.45, 7) is 3.33. The summed E-state index contributed by atoms with van der Waals surface area (Å²) in [5.74, 6) is -0.865. The van der Waals surface area contributed by atoms with Crippen LogP contribution in [0.15, 0.2) is 53.4 Å². The Kier molecular flexibility index (Phi) is 5.62. The summed E-state index contributed by atoms with van der Waals surface area (Å²) in [5.41, 5.74) is 2.30. The molecule has 0 saturated carbocycles. The van der Waals surface area contributed by atoms with E-state index >= 15 is 0 Å². The van der Waals surface area contributed by atoms with Crippen molar-refractivity contribution in [3.63, 3.8) is 0 Å². The Bertz CT molecular complexity index is 1060. The van der Waals surface area contributed by atoms with E-state index in [0.29, 0.717) is 25.3 Å². The smallest absolute Gasteiger partial charge is 0.243 e. The molecule has 0 bridgehead atoms. The zero-order valence-corrected chi connectivity index (χ0v) is 17.7. The molecule has 2 aromatic carbocycles. The van der Waals surface area contributed by atoms with E-state index in [1.807, 2.05) is 31.2 Å². The molecule has 0 unspecified atom stereocenters. The Labute approximate surface area is 176 Å². The topological polar surface area (TPSA) is 86.8 Å². The number of anilines is 2. The zero-order valence-electron chi connectivity index (χ0n) is 16.9. The second-order valence-electron chi connectivity index (χ2n) is 7.87. The molecular formula is C22H25N3O4S. The van der Waals surface area contributed by atoms with Gasteiger partial charge in [-0.15, -0.1) is 0 Å². The lowest BCUT2D eigenvalue weighted by Gasteiger charge is -2.18. The van der Waals surface area contributed by atoms with E-state index in [0.717, 1.165) is 24.1 Å². The Morgan fingerprint density at radius 1 is 1.07 bits per heavy atom. The van der Waals surface area contributed by atoms with Crippen LogP contribution >= 0.6 is 0 Å². The summed E-state index contributed by atoms with van der Waals surface area (Å²) >= 11 is 0. The fourth-order valence-electron chi connectivity index (χ4n) is 3.91. The van der Waals surface area contributed by atoms with E-state index in [9.17, 15) is 18.0 Å². The molecule has 2 heterocycles. The second kappa shape index (κ2) is 8.20. The number of sulfonamides is 1. The average molecular weight is 428 g/mol. The van der Waals surface area contributed by atoms with Crippen molar-refractivity contribution in [1.29, 1.82) is 0 Å². The summed E-state index contributed by atoms with van der Waals surface area (Å²) in [4.78, 5) is 27.0. The standard InChI is InChI=1S/C22H25N3O4S/c1-16-7-9-19(10-8-16)25-15-17(13-21(25)26)22(27)23-18-5-4-6-20(14-18)30(28,29)24-11-2-3-12-24/h4-10,14,17H,2-3,11-13,15H2,1H3,(H,23,27)/t17-/m1/s1. The molecular weight excluding hydrogens is 402 g/mol. The lowest BCUT2D eigenvalue weighted by Crippen LogP contribution is -2.29. The predicted molar refractivity (Wildman–Crippen MR) is 115 cm³/mol. The van der Waals surface area contributed by atoms with Gasteiger partial charge < -0.3 is 10.2 Å². The van der Waals surface area contributed by atoms with Crippen LogP contribution in [0.1, 0.15) is 24.8 Å². The van der Waals surface area contributed by atoms with Gasteiger partial charge in [0.15, 0.2) is 0 Å². The van der Waals surface area contributed by atoms with Crippen molar-refractivity contribution < 1.29 is 18.0 Å². The molecule has 2 fully saturated rings. The van der Waals surface area contributed by atoms with E-state index in [1.54, 1.807) is 23.1 Å². The van der Waals surface area contributed by atoms with Gasteiger partial charge in [0.25, 0.3) is 0 Å². The van der Waals surface area contributed by atoms with Crippen LogP contribution in [-0.2, 0) is 19.6 Å². The molecule has 2 aliphatic rings. The lowest BCUT2D eigenvalue weighted by atomic mass is 10.1. The first-order valence-corrected chi connectivity index (χ1v) is 11.6. The fraction of sp³-hybridized carbons (Fsp3) is 0.364. The third-order valence-electron chi connectivity index (χ3n) is 5.65. The van der Waals surface area contributed by atoms with Crippen LogP contribution in [0.4, 0.5) is 11.4 Å². The summed E-state index contributed by atoms with van der Waals surface area (Å²) < 4.78 is 27.0. The maximum absolute atomic E-state index is 12.8. The minimum atomic E-state index is -3.55. The molecule has 30 heavy (non-hydrogen) atoms. The summed E-state index contributed by atoms with van der Waals surface area (Å²) in [6, 6.07) is 13.9. The molecule has 7 nitrogen and oxygen atoms in total. The van der Waals surface area contributed by atoms with Crippen molar-refractivity contribution in [3.05, 3.63) is 54.1 Å². The van der Waals surface area contributed by atoms with Crippen LogP contribution in [0.2, 0.25) is 0 Å². The molecule has 0 radical (unpaired) electrons. The van der Waals surface area contributed by atoms with E-state index in [4.69, 9.17) is 0 Å². The highest BCUT2D eigenvalue weighted by Crippen LogP contribution is 2.27. The van der Waals surface area contributed by atoms with Crippen LogP contribution in [0.25, 0.3) is 0 Å². The predicted octanol–water partition coefficient (Wildman–Crippen LogP) is 2.77. The molecule has 1 N–H and O–H groups in total. The number of carbonyl (C=O) groups excluding carboxylic acids is 2. The number of rotatable bonds is 5. The van der Waals surface area contributed by atoms with Crippen LogP contribution in [0.5, 0.6) is 0 Å². The number of carbonyl (C=O) groups is 2. The largest absolute Gasteiger partial charge is 0.326 e. The van der Waals surface area contributed by atoms with E-state index in [2.05, 4.69) is 5.32 Å². The first kappa shape index (κ1) is 20.6. The molecule has 0 aromatic heterocycles. The molecule has 0 aliphatic carbocycles. The zero-order chi connectivity index (χ0) is 21.3. The minimum Gasteiger partial charge on any atom is -0.326 e. The van der Waals surface area contributed by atoms with Crippen molar-refractivity contribution in [1.82, 2.24) is 4.31 Å². The number of benzene rings is 2. The quantitative estimate of drug-likeness (QED) is 0.795. The van der Waals surface area contributed by atoms with Gasteiger partial charge in [-0.1, -0.05) is 23.8 Å². The molecule has 8 heteroatoms. The second-order valence-corrected chi connectivity index (χ2v) is 9.81. The molecule has 0 spiro atoms. The van der Waals surface area contributed by atoms with Gasteiger partial charge >= 0.3 is 0 Å². The number of hydrogen-bond acceptors (Lipinski definition) is 4. The molecule has 2 aliphatic heterocycles. The Hall–Kier alpha value is -2.71. The maximum atomic E-state index is 12.8. The highest BCUT2D eigenvalue weighted by atomic mass is 32.2. The summed E-state index contributed by atoms with van der Waals surface area (Å²) in [5, 5.41) is 2.79. The number of aryl methyl sites for hydroxylation is 1. The third kappa shape index (κ3) is 4.11. The molecule has 158 valence electrons. The number of amides is 2. The highest BCUT2D eigenvalue weighted by Gasteiger charge is 2.35. The summed E-state index contributed by atoms with van der Waals surface area (Å²) in [7, 11) is -3.55. The van der Waals surface area contributed by atoms with E-state index < -0.39 is 15.9 Å². The highest BCUT2D eigenvalue weighted by molar-refractivity contribution is 7.89. The number of nitrogens with zero attached hydrogens (tertiary/aromatic N) is 2. The van der Waals surface area contributed by atoms with Gasteiger partial charge in [0.05, 0.1) is 10.8 Å². The first-order valence-electron chi connectivity index (χ1n) is 10.1. The Morgan fingerprint density at radius 3 is 2.47 bits per heavy atom. The van der Waals surface area contributed by atoms with E-state index in [1.165, 1.54) is 10.4 Å². The molecule has 2 amide bonds. The molecule has 2 aromatic rings. The Morgan fingerprint density at radius 2 is 1.77 bits per heavy atom. The van der Waals surface area contributed by atoms with Crippen LogP contribution in [0, 0.1) is 12.8 Å². The van der Waals surface area contributed by atoms with E-state index in [-0.39, 0.29) is 23.1 Å². The molecule has 1 atom stereocenters. The normalized spacial score (nSPS) is 20.0. The number of nitrogens with one attached hydrogen (secondary N) is 1. The van der Waals surface area contributed by atoms with Gasteiger partial charge in [-0.05, 0) is 50.1 Å². The van der Waals surface area contributed by atoms with Gasteiger partial charge in [-0.25, -0.2) is 8.42 Å². The van der Waals surface area contributed by atoms with Crippen molar-refractivity contribution in [2.45, 2.75) is 31.1 Å². The SMILES string of the molecule is Cc1ccc(N2C[C@H](C(=O)Nc3cccc(S(=O)(=O)N4CCCC4)c3)CC2=O)cc1. The van der Waals surface area contributed by atoms with Crippen molar-refractivity contribution in [2.75, 3.05) is 29.9 Å². The number of hydrogen-bond donors (Lipinski definition) is 1. The van der Waals surface area contributed by atoms with Gasteiger partial charge in [-0.3, -0.25) is 9.59 Å². The molecule has 4 rings (SSSR count). The minimum absolute atomic E-state index is 0.0932. The maximum Gasteiger partial charge on any atom is 0.243 e. The van der Waals surface area contributed by atoms with Gasteiger partial charge in [0, 0.05) is 37.4 Å².